The first kappa shape index (κ1) is 17.2. The van der Waals surface area contributed by atoms with Gasteiger partial charge in [-0.25, -0.2) is 9.36 Å². The topological polar surface area (TPSA) is 148 Å². The predicted molar refractivity (Wildman–Crippen MR) is 85.4 cm³/mol. The molecule has 3 rings (SSSR count). The van der Waals surface area contributed by atoms with Crippen molar-refractivity contribution in [2.75, 3.05) is 19.4 Å². The molecule has 4 atom stereocenters. The van der Waals surface area contributed by atoms with Crippen molar-refractivity contribution in [3.63, 3.8) is 0 Å². The Bertz CT molecular complexity index is 861. The number of aliphatic hydroxyl groups excluding tert-OH is 1. The van der Waals surface area contributed by atoms with Crippen LogP contribution in [0.1, 0.15) is 13.2 Å². The largest absolute Gasteiger partial charge is 0.449 e. The molecule has 3 heterocycles. The minimum Gasteiger partial charge on any atom is -0.449 e. The van der Waals surface area contributed by atoms with Gasteiger partial charge in [-0.3, -0.25) is 9.78 Å². The highest BCUT2D eigenvalue weighted by Crippen LogP contribution is 2.35. The predicted octanol–water partition coefficient (Wildman–Crippen LogP) is -1.62. The van der Waals surface area contributed by atoms with Crippen molar-refractivity contribution in [3.8, 4) is 0 Å². The van der Waals surface area contributed by atoms with Crippen LogP contribution in [0.5, 0.6) is 0 Å². The summed E-state index contributed by atoms with van der Waals surface area (Å²) >= 11 is 0. The molecule has 0 aromatic carbocycles. The summed E-state index contributed by atoms with van der Waals surface area (Å²) in [6, 6.07) is 0. The van der Waals surface area contributed by atoms with Gasteiger partial charge in [-0.2, -0.15) is 9.55 Å². The fraction of sp³-hybridized carbons (Fsp3) is 0.571. The lowest BCUT2D eigenvalue weighted by Gasteiger charge is -2.16. The number of fused-ring (bicyclic) bond motifs is 1. The van der Waals surface area contributed by atoms with E-state index in [9.17, 15) is 14.7 Å². The van der Waals surface area contributed by atoms with E-state index in [1.165, 1.54) is 7.05 Å². The number of aryl methyl sites for hydroxylation is 1. The number of aromatic amines is 1. The van der Waals surface area contributed by atoms with Crippen LogP contribution in [0.4, 0.5) is 10.7 Å². The van der Waals surface area contributed by atoms with Crippen molar-refractivity contribution >= 4 is 23.2 Å². The third-order valence-corrected chi connectivity index (χ3v) is 4.36. The summed E-state index contributed by atoms with van der Waals surface area (Å²) in [6.07, 6.45) is -1.09. The van der Waals surface area contributed by atoms with Crippen LogP contribution in [-0.2, 0) is 16.5 Å². The van der Waals surface area contributed by atoms with Gasteiger partial charge in [0.2, 0.25) is 18.5 Å². The molecule has 0 bridgehead atoms. The molecule has 11 heteroatoms. The van der Waals surface area contributed by atoms with Crippen LogP contribution < -0.4 is 21.2 Å². The number of carbonyl (C=O) groups is 1. The average Bonchev–Trinajstić information content (AvgIpc) is 3.02. The minimum atomic E-state index is -0.961. The summed E-state index contributed by atoms with van der Waals surface area (Å²) in [5.41, 5.74) is 5.85. The molecule has 25 heavy (non-hydrogen) atoms. The van der Waals surface area contributed by atoms with Crippen LogP contribution in [0.25, 0.3) is 11.2 Å². The summed E-state index contributed by atoms with van der Waals surface area (Å²) in [5.74, 6) is -0.457. The number of ether oxygens (including phenoxy) is 2. The van der Waals surface area contributed by atoms with E-state index in [0.717, 1.165) is 0 Å². The molecular weight excluding hydrogens is 332 g/mol. The zero-order chi connectivity index (χ0) is 18.3. The number of nitrogens with zero attached hydrogens (tertiary/aromatic N) is 3. The Morgan fingerprint density at radius 2 is 2.36 bits per heavy atom. The number of alkyl carbamates (subject to hydrolysis) is 1. The van der Waals surface area contributed by atoms with E-state index in [1.54, 1.807) is 29.4 Å². The number of imidazole rings is 1. The fourth-order valence-electron chi connectivity index (χ4n) is 3.05. The van der Waals surface area contributed by atoms with Gasteiger partial charge in [0.05, 0.1) is 19.1 Å². The normalized spacial score (nSPS) is 26.1. The Labute approximate surface area is 142 Å². The van der Waals surface area contributed by atoms with Gasteiger partial charge < -0.3 is 25.6 Å². The van der Waals surface area contributed by atoms with Crippen LogP contribution in [0, 0.1) is 5.92 Å². The second kappa shape index (κ2) is 6.33. The molecule has 11 nitrogen and oxygen atoms in total. The van der Waals surface area contributed by atoms with Crippen molar-refractivity contribution in [1.82, 2.24) is 19.9 Å². The number of anilines is 1. The Morgan fingerprint density at radius 1 is 1.64 bits per heavy atom. The van der Waals surface area contributed by atoms with Crippen LogP contribution in [0.15, 0.2) is 11.1 Å². The van der Waals surface area contributed by atoms with Crippen molar-refractivity contribution < 1.29 is 23.9 Å². The van der Waals surface area contributed by atoms with Gasteiger partial charge in [-0.15, -0.1) is 0 Å². The van der Waals surface area contributed by atoms with Crippen LogP contribution in [-0.4, -0.2) is 51.6 Å². The molecule has 136 valence electrons. The van der Waals surface area contributed by atoms with Gasteiger partial charge in [0.1, 0.15) is 12.7 Å². The zero-order valence-corrected chi connectivity index (χ0v) is 14.1. The number of aromatic nitrogens is 4. The number of carbonyl (C=O) groups excluding carboxylic acids is 1. The first-order valence-electron chi connectivity index (χ1n) is 7.77. The number of amides is 1. The molecule has 0 spiro atoms. The number of nitrogens with one attached hydrogen (secondary N) is 2. The van der Waals surface area contributed by atoms with E-state index in [1.807, 2.05) is 0 Å². The zero-order valence-electron chi connectivity index (χ0n) is 14.1. The molecule has 2 aromatic heterocycles. The highest BCUT2D eigenvalue weighted by atomic mass is 16.6. The number of nitrogens with two attached hydrogens (primary N) is 1. The summed E-state index contributed by atoms with van der Waals surface area (Å²) < 4.78 is 14.0. The Morgan fingerprint density at radius 3 is 3.04 bits per heavy atom. The molecule has 1 saturated heterocycles. The van der Waals surface area contributed by atoms with Gasteiger partial charge in [0.25, 0.3) is 11.2 Å². The van der Waals surface area contributed by atoms with Crippen molar-refractivity contribution in [3.05, 3.63) is 16.7 Å². The number of aliphatic hydroxyl groups is 1. The quantitative estimate of drug-likeness (QED) is 0.485. The molecule has 0 aliphatic carbocycles. The van der Waals surface area contributed by atoms with E-state index in [4.69, 9.17) is 15.2 Å². The van der Waals surface area contributed by atoms with Crippen molar-refractivity contribution in [1.29, 1.82) is 0 Å². The average molecular weight is 353 g/mol. The molecule has 0 radical (unpaired) electrons. The van der Waals surface area contributed by atoms with E-state index in [-0.39, 0.29) is 24.2 Å². The lowest BCUT2D eigenvalue weighted by atomic mass is 10.0. The third kappa shape index (κ3) is 2.91. The summed E-state index contributed by atoms with van der Waals surface area (Å²) in [5, 5.41) is 13.0. The van der Waals surface area contributed by atoms with Gasteiger partial charge in [0, 0.05) is 7.05 Å². The van der Waals surface area contributed by atoms with E-state index in [0.29, 0.717) is 11.2 Å². The summed E-state index contributed by atoms with van der Waals surface area (Å²) in [7, 11) is 3.14. The molecule has 0 unspecified atom stereocenters. The van der Waals surface area contributed by atoms with Gasteiger partial charge in [0.15, 0.2) is 0 Å². The van der Waals surface area contributed by atoms with Crippen molar-refractivity contribution in [2.24, 2.45) is 13.0 Å². The van der Waals surface area contributed by atoms with Gasteiger partial charge in [-0.05, 0) is 6.92 Å². The smallest absolute Gasteiger partial charge is 0.406 e. The lowest BCUT2D eigenvalue weighted by Crippen LogP contribution is -2.33. The van der Waals surface area contributed by atoms with Crippen molar-refractivity contribution in [2.45, 2.75) is 25.4 Å². The molecule has 1 fully saturated rings. The maximum Gasteiger partial charge on any atom is 0.406 e. The maximum absolute atomic E-state index is 12.1. The highest BCUT2D eigenvalue weighted by Gasteiger charge is 2.47. The third-order valence-electron chi connectivity index (χ3n) is 4.36. The second-order valence-electron chi connectivity index (χ2n) is 5.99. The van der Waals surface area contributed by atoms with E-state index < -0.39 is 24.3 Å². The summed E-state index contributed by atoms with van der Waals surface area (Å²) in [4.78, 5) is 29.9. The number of nitrogen functional groups attached to an aromatic ring is 1. The van der Waals surface area contributed by atoms with Gasteiger partial charge in [-0.1, -0.05) is 0 Å². The number of H-pyrrole nitrogens is 1. The van der Waals surface area contributed by atoms with Crippen LogP contribution >= 0.6 is 0 Å². The van der Waals surface area contributed by atoms with Gasteiger partial charge >= 0.3 is 11.7 Å². The second-order valence-corrected chi connectivity index (χ2v) is 5.99. The monoisotopic (exact) mass is 353 g/mol. The number of hydrogen-bond donors (Lipinski definition) is 4. The number of rotatable bonds is 3. The first-order valence-corrected chi connectivity index (χ1v) is 7.77. The number of hydrogen-bond acceptors (Lipinski definition) is 7. The summed E-state index contributed by atoms with van der Waals surface area (Å²) in [6.45, 7) is 1.78. The maximum atomic E-state index is 12.1. The molecular formula is C14H21N6O5+. The molecule has 0 saturated carbocycles. The van der Waals surface area contributed by atoms with Crippen LogP contribution in [0.3, 0.4) is 0 Å². The minimum absolute atomic E-state index is 0.0000163. The Balaban J connectivity index is 1.94. The van der Waals surface area contributed by atoms with E-state index >= 15 is 0 Å². The molecule has 2 aromatic rings. The highest BCUT2D eigenvalue weighted by molar-refractivity contribution is 5.67. The fourth-order valence-corrected chi connectivity index (χ4v) is 3.05. The lowest BCUT2D eigenvalue weighted by molar-refractivity contribution is -0.646. The Kier molecular flexibility index (Phi) is 4.35. The van der Waals surface area contributed by atoms with Crippen LogP contribution in [0.2, 0.25) is 0 Å². The molecule has 1 aliphatic rings. The molecule has 1 amide bonds. The molecule has 5 N–H and O–H groups in total. The first-order chi connectivity index (χ1) is 11.8. The SMILES string of the molecule is CNC(=O)OC[C@H]1[C@@H](O)[C@H](n2c[n+](C)c3c(=O)[nH]c(N)nc32)O[C@@H]1C. The molecule has 1 aliphatic heterocycles. The standard InChI is InChI=1S/C14H20N6O5/c1-6-7(4-24-14(23)16-2)9(21)12(25-6)20-5-19(3)8-10(20)17-13(15)18-11(8)22/h5-7,9,12,21H,4H2,1-3H3,(H3-,15,16,17,18,22,23)/p+1/t6-,7-,9-,12-/m1/s1. The van der Waals surface area contributed by atoms with E-state index in [2.05, 4.69) is 15.3 Å². The Hall–Kier alpha value is -2.66.